The molecule has 0 bridgehead atoms. The average molecular weight is 316 g/mol. The monoisotopic (exact) mass is 316 g/mol. The number of ether oxygens (including phenoxy) is 1. The van der Waals surface area contributed by atoms with E-state index in [1.54, 1.807) is 0 Å². The zero-order valence-electron chi connectivity index (χ0n) is 11.7. The topological polar surface area (TPSA) is 67.4 Å². The van der Waals surface area contributed by atoms with Crippen LogP contribution in [-0.2, 0) is 9.59 Å². The summed E-state index contributed by atoms with van der Waals surface area (Å²) in [5, 5.41) is 4.30. The summed E-state index contributed by atoms with van der Waals surface area (Å²) in [5.74, 6) is -0.767. The molecule has 0 unspecified atom stereocenters. The summed E-state index contributed by atoms with van der Waals surface area (Å²) in [4.78, 5) is 22.9. The van der Waals surface area contributed by atoms with E-state index in [-0.39, 0.29) is 24.3 Å². The van der Waals surface area contributed by atoms with Gasteiger partial charge in [0.1, 0.15) is 11.8 Å². The molecule has 1 heterocycles. The Morgan fingerprint density at radius 2 is 2.00 bits per heavy atom. The summed E-state index contributed by atoms with van der Waals surface area (Å²) in [6.07, 6.45) is -4.32. The van der Waals surface area contributed by atoms with E-state index in [9.17, 15) is 22.8 Å². The number of nitrogens with one attached hydrogen (secondary N) is 2. The van der Waals surface area contributed by atoms with Crippen molar-refractivity contribution < 1.29 is 27.5 Å². The van der Waals surface area contributed by atoms with Gasteiger partial charge in [-0.25, -0.2) is 0 Å². The van der Waals surface area contributed by atoms with Crippen LogP contribution in [0.4, 0.5) is 13.2 Å². The van der Waals surface area contributed by atoms with Gasteiger partial charge in [0.2, 0.25) is 11.8 Å². The highest BCUT2D eigenvalue weighted by molar-refractivity contribution is 5.91. The fraction of sp³-hybridized carbons (Fsp3) is 0.429. The second kappa shape index (κ2) is 6.25. The molecule has 2 atom stereocenters. The predicted octanol–water partition coefficient (Wildman–Crippen LogP) is 1.69. The molecule has 120 valence electrons. The lowest BCUT2D eigenvalue weighted by atomic mass is 10.1. The van der Waals surface area contributed by atoms with Crippen LogP contribution in [0.2, 0.25) is 0 Å². The SMILES string of the molecule is COc1ccc([C@@H](NC(=O)[C@@H]2CCC(=O)N2)C(F)(F)F)cc1. The zero-order valence-corrected chi connectivity index (χ0v) is 11.7. The van der Waals surface area contributed by atoms with Crippen molar-refractivity contribution in [3.63, 3.8) is 0 Å². The molecule has 0 aromatic heterocycles. The van der Waals surface area contributed by atoms with Gasteiger partial charge in [0, 0.05) is 6.42 Å². The van der Waals surface area contributed by atoms with Crippen LogP contribution in [0.3, 0.4) is 0 Å². The number of benzene rings is 1. The van der Waals surface area contributed by atoms with E-state index in [4.69, 9.17) is 4.74 Å². The number of amides is 2. The molecule has 1 aliphatic heterocycles. The lowest BCUT2D eigenvalue weighted by Crippen LogP contribution is -2.46. The van der Waals surface area contributed by atoms with Crippen molar-refractivity contribution in [2.24, 2.45) is 0 Å². The van der Waals surface area contributed by atoms with Crippen LogP contribution in [0.1, 0.15) is 24.4 Å². The first kappa shape index (κ1) is 16.1. The summed E-state index contributed by atoms with van der Waals surface area (Å²) in [7, 11) is 1.40. The van der Waals surface area contributed by atoms with Gasteiger partial charge in [-0.05, 0) is 24.1 Å². The maximum atomic E-state index is 13.2. The molecule has 2 rings (SSSR count). The molecule has 0 saturated carbocycles. The normalized spacial score (nSPS) is 19.5. The molecule has 0 radical (unpaired) electrons. The number of methoxy groups -OCH3 is 1. The van der Waals surface area contributed by atoms with Crippen LogP contribution in [-0.4, -0.2) is 31.1 Å². The number of rotatable bonds is 4. The van der Waals surface area contributed by atoms with Crippen LogP contribution in [0, 0.1) is 0 Å². The third kappa shape index (κ3) is 3.69. The van der Waals surface area contributed by atoms with Crippen LogP contribution >= 0.6 is 0 Å². The van der Waals surface area contributed by atoms with E-state index in [0.717, 1.165) is 0 Å². The quantitative estimate of drug-likeness (QED) is 0.888. The Bertz CT molecular complexity index is 557. The molecule has 2 N–H and O–H groups in total. The minimum atomic E-state index is -4.65. The third-order valence-electron chi connectivity index (χ3n) is 3.37. The minimum Gasteiger partial charge on any atom is -0.497 e. The van der Waals surface area contributed by atoms with Gasteiger partial charge in [-0.15, -0.1) is 0 Å². The number of carbonyl (C=O) groups excluding carboxylic acids is 2. The van der Waals surface area contributed by atoms with Gasteiger partial charge in [0.25, 0.3) is 0 Å². The molecule has 2 amide bonds. The third-order valence-corrected chi connectivity index (χ3v) is 3.37. The van der Waals surface area contributed by atoms with E-state index in [0.29, 0.717) is 5.75 Å². The number of halogens is 3. The highest BCUT2D eigenvalue weighted by Gasteiger charge is 2.43. The van der Waals surface area contributed by atoms with Crippen molar-refractivity contribution >= 4 is 11.8 Å². The number of carbonyl (C=O) groups is 2. The summed E-state index contributed by atoms with van der Waals surface area (Å²) in [6, 6.07) is 2.20. The van der Waals surface area contributed by atoms with Crippen molar-refractivity contribution in [3.05, 3.63) is 29.8 Å². The van der Waals surface area contributed by atoms with Crippen molar-refractivity contribution in [1.82, 2.24) is 10.6 Å². The summed E-state index contributed by atoms with van der Waals surface area (Å²) in [5.41, 5.74) is -0.106. The first-order chi connectivity index (χ1) is 10.3. The lowest BCUT2D eigenvalue weighted by Gasteiger charge is -2.23. The van der Waals surface area contributed by atoms with E-state index in [1.165, 1.54) is 31.4 Å². The lowest BCUT2D eigenvalue weighted by molar-refractivity contribution is -0.164. The summed E-state index contributed by atoms with van der Waals surface area (Å²) >= 11 is 0. The highest BCUT2D eigenvalue weighted by atomic mass is 19.4. The van der Waals surface area contributed by atoms with Crippen LogP contribution in [0.15, 0.2) is 24.3 Å². The van der Waals surface area contributed by atoms with Crippen LogP contribution in [0.25, 0.3) is 0 Å². The van der Waals surface area contributed by atoms with E-state index >= 15 is 0 Å². The van der Waals surface area contributed by atoms with Crippen molar-refractivity contribution in [1.29, 1.82) is 0 Å². The Balaban J connectivity index is 2.15. The van der Waals surface area contributed by atoms with Crippen molar-refractivity contribution in [2.75, 3.05) is 7.11 Å². The molecule has 1 aromatic rings. The van der Waals surface area contributed by atoms with Gasteiger partial charge in [-0.1, -0.05) is 12.1 Å². The smallest absolute Gasteiger partial charge is 0.412 e. The van der Waals surface area contributed by atoms with Crippen LogP contribution < -0.4 is 15.4 Å². The van der Waals surface area contributed by atoms with Crippen LogP contribution in [0.5, 0.6) is 5.75 Å². The number of hydrogen-bond acceptors (Lipinski definition) is 3. The first-order valence-electron chi connectivity index (χ1n) is 6.61. The molecule has 0 spiro atoms. The maximum Gasteiger partial charge on any atom is 0.412 e. The number of alkyl halides is 3. The fourth-order valence-electron chi connectivity index (χ4n) is 2.20. The molecule has 1 saturated heterocycles. The molecular formula is C14H15F3N2O3. The molecule has 0 aliphatic carbocycles. The number of hydrogen-bond donors (Lipinski definition) is 2. The van der Waals surface area contributed by atoms with E-state index in [2.05, 4.69) is 5.32 Å². The molecule has 8 heteroatoms. The molecule has 1 aliphatic rings. The molecule has 5 nitrogen and oxygen atoms in total. The van der Waals surface area contributed by atoms with Crippen molar-refractivity contribution in [2.45, 2.75) is 31.1 Å². The summed E-state index contributed by atoms with van der Waals surface area (Å²) < 4.78 is 44.4. The van der Waals surface area contributed by atoms with Gasteiger partial charge in [-0.3, -0.25) is 9.59 Å². The first-order valence-corrected chi connectivity index (χ1v) is 6.61. The Kier molecular flexibility index (Phi) is 4.58. The predicted molar refractivity (Wildman–Crippen MR) is 71.1 cm³/mol. The van der Waals surface area contributed by atoms with Gasteiger partial charge in [0.05, 0.1) is 7.11 Å². The van der Waals surface area contributed by atoms with Gasteiger partial charge < -0.3 is 15.4 Å². The molecule has 22 heavy (non-hydrogen) atoms. The fourth-order valence-corrected chi connectivity index (χ4v) is 2.20. The highest BCUT2D eigenvalue weighted by Crippen LogP contribution is 2.33. The van der Waals surface area contributed by atoms with Gasteiger partial charge in [-0.2, -0.15) is 13.2 Å². The Labute approximate surface area is 124 Å². The molecular weight excluding hydrogens is 301 g/mol. The second-order valence-electron chi connectivity index (χ2n) is 4.92. The Hall–Kier alpha value is -2.25. The van der Waals surface area contributed by atoms with Gasteiger partial charge >= 0.3 is 6.18 Å². The maximum absolute atomic E-state index is 13.2. The second-order valence-corrected chi connectivity index (χ2v) is 4.92. The standard InChI is InChI=1S/C14H15F3N2O3/c1-22-9-4-2-8(3-5-9)12(14(15,16)17)19-13(21)10-6-7-11(20)18-10/h2-5,10,12H,6-7H2,1H3,(H,18,20)(H,19,21)/t10-,12+/m0/s1. The van der Waals surface area contributed by atoms with E-state index < -0.39 is 24.2 Å². The Morgan fingerprint density at radius 1 is 1.36 bits per heavy atom. The zero-order chi connectivity index (χ0) is 16.3. The average Bonchev–Trinajstić information content (AvgIpc) is 2.90. The Morgan fingerprint density at radius 3 is 2.45 bits per heavy atom. The largest absolute Gasteiger partial charge is 0.497 e. The van der Waals surface area contributed by atoms with E-state index in [1.807, 2.05) is 5.32 Å². The van der Waals surface area contributed by atoms with Gasteiger partial charge in [0.15, 0.2) is 6.04 Å². The minimum absolute atomic E-state index is 0.106. The van der Waals surface area contributed by atoms with Crippen molar-refractivity contribution in [3.8, 4) is 5.75 Å². The molecule has 1 fully saturated rings. The summed E-state index contributed by atoms with van der Waals surface area (Å²) in [6.45, 7) is 0. The molecule has 1 aromatic carbocycles.